The molecule has 4 aromatic rings. The average Bonchev–Trinajstić information content (AvgIpc) is 3.40. The van der Waals surface area contributed by atoms with E-state index in [9.17, 15) is 9.59 Å². The lowest BCUT2D eigenvalue weighted by atomic mass is 10.0. The number of nitrogens with zero attached hydrogens (tertiary/aromatic N) is 5. The molecular formula is C25H23N7O2. The number of fused-ring (bicyclic) bond motifs is 2. The van der Waals surface area contributed by atoms with Gasteiger partial charge in [0.1, 0.15) is 6.29 Å². The Kier molecular flexibility index (Phi) is 4.75. The Morgan fingerprint density at radius 1 is 1.18 bits per heavy atom. The maximum Gasteiger partial charge on any atom is 0.271 e. The summed E-state index contributed by atoms with van der Waals surface area (Å²) in [6, 6.07) is 11.8. The van der Waals surface area contributed by atoms with Gasteiger partial charge in [0, 0.05) is 48.7 Å². The first-order valence-electron chi connectivity index (χ1n) is 11.3. The molecule has 1 fully saturated rings. The van der Waals surface area contributed by atoms with Crippen molar-refractivity contribution in [1.29, 1.82) is 0 Å². The van der Waals surface area contributed by atoms with Crippen LogP contribution in [0.2, 0.25) is 0 Å². The standard InChI is InChI=1S/C25H23N7O2/c1-26-20-12-23(30-32-22(13-28-24(20)32)25(34)29-16-5-6-16)31-10-8-18-17(3-2-4-21(18)31)19-11-15(14-33)7-9-27-19/h2-4,7,9,11-14,16,26H,5-6,8,10H2,1H3,(H,29,34). The van der Waals surface area contributed by atoms with Gasteiger partial charge in [0.2, 0.25) is 0 Å². The van der Waals surface area contributed by atoms with Gasteiger partial charge in [-0.1, -0.05) is 12.1 Å². The summed E-state index contributed by atoms with van der Waals surface area (Å²) in [7, 11) is 1.83. The number of aromatic nitrogens is 4. The van der Waals surface area contributed by atoms with E-state index in [2.05, 4.69) is 31.6 Å². The first kappa shape index (κ1) is 20.3. The van der Waals surface area contributed by atoms with Crippen LogP contribution in [0.15, 0.2) is 48.8 Å². The SMILES string of the molecule is CNc1cc(N2CCc3c(-c4cc(C=O)ccn4)cccc32)nn2c(C(=O)NC3CC3)cnc12. The van der Waals surface area contributed by atoms with Crippen molar-refractivity contribution in [3.63, 3.8) is 0 Å². The number of hydrogen-bond donors (Lipinski definition) is 2. The minimum atomic E-state index is -0.160. The van der Waals surface area contributed by atoms with E-state index in [1.54, 1.807) is 23.0 Å². The molecular weight excluding hydrogens is 430 g/mol. The van der Waals surface area contributed by atoms with E-state index in [1.807, 2.05) is 31.3 Å². The third kappa shape index (κ3) is 3.37. The van der Waals surface area contributed by atoms with Gasteiger partial charge in [-0.25, -0.2) is 9.50 Å². The zero-order valence-corrected chi connectivity index (χ0v) is 18.7. The molecule has 170 valence electrons. The lowest BCUT2D eigenvalue weighted by Crippen LogP contribution is -2.27. The van der Waals surface area contributed by atoms with Gasteiger partial charge in [0.15, 0.2) is 17.2 Å². The van der Waals surface area contributed by atoms with Crippen molar-refractivity contribution in [3.05, 3.63) is 65.6 Å². The average molecular weight is 454 g/mol. The lowest BCUT2D eigenvalue weighted by molar-refractivity contribution is 0.0943. The molecule has 1 amide bonds. The molecule has 0 spiro atoms. The van der Waals surface area contributed by atoms with E-state index in [0.29, 0.717) is 16.9 Å². The normalized spacial score (nSPS) is 14.8. The molecule has 1 aliphatic heterocycles. The molecule has 0 saturated heterocycles. The number of carbonyl (C=O) groups is 2. The molecule has 0 atom stereocenters. The fourth-order valence-electron chi connectivity index (χ4n) is 4.49. The third-order valence-corrected chi connectivity index (χ3v) is 6.37. The van der Waals surface area contributed by atoms with E-state index in [4.69, 9.17) is 5.10 Å². The van der Waals surface area contributed by atoms with Gasteiger partial charge < -0.3 is 15.5 Å². The van der Waals surface area contributed by atoms with Crippen molar-refractivity contribution in [2.24, 2.45) is 0 Å². The third-order valence-electron chi connectivity index (χ3n) is 6.37. The van der Waals surface area contributed by atoms with Gasteiger partial charge in [-0.2, -0.15) is 0 Å². The summed E-state index contributed by atoms with van der Waals surface area (Å²) in [4.78, 5) is 35.1. The van der Waals surface area contributed by atoms with Gasteiger partial charge in [-0.3, -0.25) is 14.6 Å². The Hall–Kier alpha value is -4.27. The molecule has 9 heteroatoms. The predicted octanol–water partition coefficient (Wildman–Crippen LogP) is 3.23. The first-order chi connectivity index (χ1) is 16.7. The van der Waals surface area contributed by atoms with Crippen molar-refractivity contribution in [3.8, 4) is 11.3 Å². The summed E-state index contributed by atoms with van der Waals surface area (Å²) in [5.74, 6) is 0.563. The Bertz CT molecular complexity index is 1440. The fraction of sp³-hybridized carbons (Fsp3) is 0.240. The molecule has 4 heterocycles. The highest BCUT2D eigenvalue weighted by Crippen LogP contribution is 2.39. The van der Waals surface area contributed by atoms with Crippen LogP contribution < -0.4 is 15.5 Å². The fourth-order valence-corrected chi connectivity index (χ4v) is 4.49. The van der Waals surface area contributed by atoms with Gasteiger partial charge in [-0.15, -0.1) is 5.10 Å². The van der Waals surface area contributed by atoms with Gasteiger partial charge in [-0.05, 0) is 43.0 Å². The Balaban J connectivity index is 1.43. The van der Waals surface area contributed by atoms with E-state index < -0.39 is 0 Å². The highest BCUT2D eigenvalue weighted by molar-refractivity contribution is 5.94. The molecule has 1 aliphatic carbocycles. The second-order valence-electron chi connectivity index (χ2n) is 8.59. The number of aldehydes is 1. The molecule has 34 heavy (non-hydrogen) atoms. The van der Waals surface area contributed by atoms with Crippen LogP contribution in [0.4, 0.5) is 17.2 Å². The van der Waals surface area contributed by atoms with Gasteiger partial charge in [0.05, 0.1) is 17.6 Å². The van der Waals surface area contributed by atoms with E-state index in [0.717, 1.165) is 66.1 Å². The van der Waals surface area contributed by atoms with Crippen molar-refractivity contribution in [2.45, 2.75) is 25.3 Å². The lowest BCUT2D eigenvalue weighted by Gasteiger charge is -2.20. The van der Waals surface area contributed by atoms with Crippen LogP contribution in [0.5, 0.6) is 0 Å². The summed E-state index contributed by atoms with van der Waals surface area (Å²) in [5.41, 5.74) is 6.39. The number of pyridine rings is 1. The summed E-state index contributed by atoms with van der Waals surface area (Å²) in [6.07, 6.45) is 6.91. The molecule has 1 saturated carbocycles. The number of amides is 1. The zero-order valence-electron chi connectivity index (χ0n) is 18.7. The van der Waals surface area contributed by atoms with E-state index in [-0.39, 0.29) is 11.9 Å². The molecule has 6 rings (SSSR count). The summed E-state index contributed by atoms with van der Waals surface area (Å²) in [6.45, 7) is 0.736. The molecule has 2 aliphatic rings. The monoisotopic (exact) mass is 453 g/mol. The summed E-state index contributed by atoms with van der Waals surface area (Å²) < 4.78 is 1.62. The Morgan fingerprint density at radius 2 is 2.06 bits per heavy atom. The largest absolute Gasteiger partial charge is 0.385 e. The molecule has 3 aromatic heterocycles. The van der Waals surface area contributed by atoms with Crippen molar-refractivity contribution in [2.75, 3.05) is 23.8 Å². The number of carbonyl (C=O) groups excluding carboxylic acids is 2. The zero-order chi connectivity index (χ0) is 23.2. The highest BCUT2D eigenvalue weighted by atomic mass is 16.2. The molecule has 0 radical (unpaired) electrons. The molecule has 9 nitrogen and oxygen atoms in total. The molecule has 0 unspecified atom stereocenters. The first-order valence-corrected chi connectivity index (χ1v) is 11.3. The predicted molar refractivity (Wildman–Crippen MR) is 129 cm³/mol. The van der Waals surface area contributed by atoms with Crippen LogP contribution in [-0.2, 0) is 6.42 Å². The van der Waals surface area contributed by atoms with E-state index in [1.165, 1.54) is 0 Å². The van der Waals surface area contributed by atoms with Crippen LogP contribution in [0.25, 0.3) is 16.9 Å². The van der Waals surface area contributed by atoms with Gasteiger partial charge >= 0.3 is 0 Å². The van der Waals surface area contributed by atoms with Crippen LogP contribution in [-0.4, -0.2) is 51.4 Å². The highest BCUT2D eigenvalue weighted by Gasteiger charge is 2.28. The smallest absolute Gasteiger partial charge is 0.271 e. The summed E-state index contributed by atoms with van der Waals surface area (Å²) in [5, 5.41) is 11.0. The number of anilines is 3. The second kappa shape index (κ2) is 7.95. The van der Waals surface area contributed by atoms with Crippen molar-refractivity contribution in [1.82, 2.24) is 24.9 Å². The maximum absolute atomic E-state index is 12.8. The maximum atomic E-state index is 12.8. The quantitative estimate of drug-likeness (QED) is 0.432. The second-order valence-corrected chi connectivity index (χ2v) is 8.59. The molecule has 1 aromatic carbocycles. The van der Waals surface area contributed by atoms with Crippen molar-refractivity contribution < 1.29 is 9.59 Å². The van der Waals surface area contributed by atoms with Crippen LogP contribution >= 0.6 is 0 Å². The minimum absolute atomic E-state index is 0.160. The number of nitrogens with one attached hydrogen (secondary N) is 2. The molecule has 2 N–H and O–H groups in total. The van der Waals surface area contributed by atoms with Crippen molar-refractivity contribution >= 4 is 35.0 Å². The van der Waals surface area contributed by atoms with Crippen LogP contribution in [0, 0.1) is 0 Å². The number of hydrogen-bond acceptors (Lipinski definition) is 7. The Morgan fingerprint density at radius 3 is 2.85 bits per heavy atom. The van der Waals surface area contributed by atoms with Crippen LogP contribution in [0.1, 0.15) is 39.3 Å². The number of rotatable bonds is 6. The Labute approximate surface area is 195 Å². The summed E-state index contributed by atoms with van der Waals surface area (Å²) >= 11 is 0. The van der Waals surface area contributed by atoms with Gasteiger partial charge in [0.25, 0.3) is 5.91 Å². The number of imidazole rings is 1. The topological polar surface area (TPSA) is 105 Å². The minimum Gasteiger partial charge on any atom is -0.385 e. The van der Waals surface area contributed by atoms with Crippen LogP contribution in [0.3, 0.4) is 0 Å². The number of benzene rings is 1. The molecule has 0 bridgehead atoms. The van der Waals surface area contributed by atoms with E-state index >= 15 is 0 Å².